The van der Waals surface area contributed by atoms with Gasteiger partial charge in [-0.2, -0.15) is 0 Å². The molecule has 0 aliphatic heterocycles. The Morgan fingerprint density at radius 1 is 2.00 bits per heavy atom. The summed E-state index contributed by atoms with van der Waals surface area (Å²) in [4.78, 5) is 0. The van der Waals surface area contributed by atoms with E-state index in [1.807, 2.05) is 6.92 Å². The van der Waals surface area contributed by atoms with Crippen LogP contribution in [0.2, 0.25) is 0 Å². The summed E-state index contributed by atoms with van der Waals surface area (Å²) >= 11 is 0. The number of hydrogen-bond acceptors (Lipinski definition) is 2. The third-order valence-electron chi connectivity index (χ3n) is 0.503. The molecule has 0 spiro atoms. The van der Waals surface area contributed by atoms with E-state index in [1.54, 1.807) is 0 Å². The Hall–Kier alpha value is -0.230. The summed E-state index contributed by atoms with van der Waals surface area (Å²) in [5.41, 5.74) is 0. The predicted octanol–water partition coefficient (Wildman–Crippen LogP) is 1.64. The maximum atomic E-state index is 10.3. The van der Waals surface area contributed by atoms with Crippen LogP contribution in [0, 0.1) is 0 Å². The van der Waals surface area contributed by atoms with Gasteiger partial charge in [-0.3, -0.25) is 4.57 Å². The fourth-order valence-corrected chi connectivity index (χ4v) is 0.529. The lowest BCUT2D eigenvalue weighted by molar-refractivity contribution is 0.465. The van der Waals surface area contributed by atoms with Crippen LogP contribution in [0.1, 0.15) is 6.92 Å². The van der Waals surface area contributed by atoms with E-state index in [9.17, 15) is 4.57 Å². The number of rotatable bonds is 3. The SMILES string of the molecule is C=CO[PH](=O)CC. The van der Waals surface area contributed by atoms with Crippen molar-refractivity contribution in [2.24, 2.45) is 0 Å². The summed E-state index contributed by atoms with van der Waals surface area (Å²) in [6, 6.07) is 0. The van der Waals surface area contributed by atoms with Crippen LogP contribution in [0.15, 0.2) is 12.8 Å². The average molecular weight is 120 g/mol. The van der Waals surface area contributed by atoms with Gasteiger partial charge in [0.05, 0.1) is 6.26 Å². The monoisotopic (exact) mass is 120 g/mol. The standard InChI is InChI=1S/C4H9O2P/c1-3-6-7(5)4-2/h3,7H,1,4H2,2H3. The second kappa shape index (κ2) is 3.94. The minimum atomic E-state index is -1.75. The molecular formula is C4H9O2P. The second-order valence-corrected chi connectivity index (χ2v) is 2.70. The molecule has 0 saturated carbocycles. The lowest BCUT2D eigenvalue weighted by Crippen LogP contribution is -1.65. The highest BCUT2D eigenvalue weighted by atomic mass is 31.1. The predicted molar refractivity (Wildman–Crippen MR) is 30.8 cm³/mol. The second-order valence-electron chi connectivity index (χ2n) is 1.01. The lowest BCUT2D eigenvalue weighted by Gasteiger charge is -1.91. The molecule has 1 atom stereocenters. The molecule has 2 nitrogen and oxygen atoms in total. The van der Waals surface area contributed by atoms with Gasteiger partial charge in [0.1, 0.15) is 0 Å². The summed E-state index contributed by atoms with van der Waals surface area (Å²) < 4.78 is 14.8. The van der Waals surface area contributed by atoms with Gasteiger partial charge in [0.15, 0.2) is 0 Å². The van der Waals surface area contributed by atoms with Crippen LogP contribution in [0.5, 0.6) is 0 Å². The van der Waals surface area contributed by atoms with E-state index < -0.39 is 8.03 Å². The van der Waals surface area contributed by atoms with Crippen LogP contribution in [0.25, 0.3) is 0 Å². The van der Waals surface area contributed by atoms with Crippen molar-refractivity contribution in [2.45, 2.75) is 6.92 Å². The molecule has 0 saturated heterocycles. The van der Waals surface area contributed by atoms with Crippen LogP contribution in [0.3, 0.4) is 0 Å². The van der Waals surface area contributed by atoms with Crippen molar-refractivity contribution in [1.82, 2.24) is 0 Å². The van der Waals surface area contributed by atoms with Crippen molar-refractivity contribution in [3.63, 3.8) is 0 Å². The van der Waals surface area contributed by atoms with E-state index in [0.29, 0.717) is 6.16 Å². The molecule has 0 aliphatic rings. The summed E-state index contributed by atoms with van der Waals surface area (Å²) in [7, 11) is -1.75. The molecule has 0 heterocycles. The van der Waals surface area contributed by atoms with E-state index in [-0.39, 0.29) is 0 Å². The molecule has 0 N–H and O–H groups in total. The van der Waals surface area contributed by atoms with Gasteiger partial charge in [0.2, 0.25) is 8.03 Å². The van der Waals surface area contributed by atoms with Gasteiger partial charge >= 0.3 is 0 Å². The van der Waals surface area contributed by atoms with Gasteiger partial charge in [0, 0.05) is 6.16 Å². The topological polar surface area (TPSA) is 26.3 Å². The minimum Gasteiger partial charge on any atom is -0.453 e. The molecule has 0 aromatic heterocycles. The smallest absolute Gasteiger partial charge is 0.235 e. The first-order valence-corrected chi connectivity index (χ1v) is 3.64. The molecule has 0 amide bonds. The van der Waals surface area contributed by atoms with E-state index in [4.69, 9.17) is 0 Å². The molecule has 0 aromatic rings. The first-order valence-electron chi connectivity index (χ1n) is 2.11. The summed E-state index contributed by atoms with van der Waals surface area (Å²) in [5, 5.41) is 0. The third kappa shape index (κ3) is 3.60. The van der Waals surface area contributed by atoms with Crippen LogP contribution in [-0.4, -0.2) is 6.16 Å². The molecule has 0 fully saturated rings. The van der Waals surface area contributed by atoms with Crippen molar-refractivity contribution < 1.29 is 9.09 Å². The molecule has 1 unspecified atom stereocenters. The zero-order valence-corrected chi connectivity index (χ0v) is 5.31. The zero-order valence-electron chi connectivity index (χ0n) is 4.31. The van der Waals surface area contributed by atoms with Crippen LogP contribution in [0.4, 0.5) is 0 Å². The van der Waals surface area contributed by atoms with Gasteiger partial charge in [-0.25, -0.2) is 0 Å². The highest BCUT2D eigenvalue weighted by Crippen LogP contribution is 2.19. The van der Waals surface area contributed by atoms with E-state index in [0.717, 1.165) is 0 Å². The highest BCUT2D eigenvalue weighted by molar-refractivity contribution is 7.39. The molecule has 0 bridgehead atoms. The average Bonchev–Trinajstić information content (AvgIpc) is 1.68. The Labute approximate surface area is 44.0 Å². The first kappa shape index (κ1) is 6.77. The Balaban J connectivity index is 3.17. The van der Waals surface area contributed by atoms with Crippen molar-refractivity contribution in [3.8, 4) is 0 Å². The minimum absolute atomic E-state index is 0.594. The van der Waals surface area contributed by atoms with Gasteiger partial charge < -0.3 is 4.52 Å². The molecule has 0 aliphatic carbocycles. The Bertz CT molecular complexity index is 79.8. The zero-order chi connectivity index (χ0) is 5.70. The molecule has 0 aromatic carbocycles. The van der Waals surface area contributed by atoms with E-state index in [2.05, 4.69) is 11.1 Å². The lowest BCUT2D eigenvalue weighted by atomic mass is 11.0. The number of hydrogen-bond donors (Lipinski definition) is 0. The summed E-state index contributed by atoms with van der Waals surface area (Å²) in [5.74, 6) is 0. The summed E-state index contributed by atoms with van der Waals surface area (Å²) in [6.45, 7) is 5.06. The van der Waals surface area contributed by atoms with Gasteiger partial charge in [-0.1, -0.05) is 13.5 Å². The Morgan fingerprint density at radius 2 is 2.57 bits per heavy atom. The maximum Gasteiger partial charge on any atom is 0.235 e. The van der Waals surface area contributed by atoms with Crippen molar-refractivity contribution in [1.29, 1.82) is 0 Å². The largest absolute Gasteiger partial charge is 0.453 e. The Morgan fingerprint density at radius 3 is 2.71 bits per heavy atom. The quantitative estimate of drug-likeness (QED) is 0.418. The normalized spacial score (nSPS) is 12.7. The molecule has 3 heteroatoms. The maximum absolute atomic E-state index is 10.3. The summed E-state index contributed by atoms with van der Waals surface area (Å²) in [6.07, 6.45) is 1.81. The molecule has 0 radical (unpaired) electrons. The van der Waals surface area contributed by atoms with Crippen LogP contribution >= 0.6 is 8.03 Å². The Kier molecular flexibility index (Phi) is 3.81. The van der Waals surface area contributed by atoms with Gasteiger partial charge in [-0.05, 0) is 0 Å². The van der Waals surface area contributed by atoms with Crippen LogP contribution in [-0.2, 0) is 9.09 Å². The van der Waals surface area contributed by atoms with Crippen LogP contribution < -0.4 is 0 Å². The molecule has 7 heavy (non-hydrogen) atoms. The molecule has 0 rings (SSSR count). The fraction of sp³-hybridized carbons (Fsp3) is 0.500. The molecule has 42 valence electrons. The van der Waals surface area contributed by atoms with Gasteiger partial charge in [0.25, 0.3) is 0 Å². The van der Waals surface area contributed by atoms with Crippen molar-refractivity contribution >= 4 is 8.03 Å². The van der Waals surface area contributed by atoms with Crippen molar-refractivity contribution in [2.75, 3.05) is 6.16 Å². The highest BCUT2D eigenvalue weighted by Gasteiger charge is 1.85. The fourth-order valence-electron chi connectivity index (χ4n) is 0.176. The first-order chi connectivity index (χ1) is 3.31. The third-order valence-corrected chi connectivity index (χ3v) is 1.51. The van der Waals surface area contributed by atoms with E-state index in [1.165, 1.54) is 6.26 Å². The van der Waals surface area contributed by atoms with Gasteiger partial charge in [-0.15, -0.1) is 0 Å². The van der Waals surface area contributed by atoms with E-state index >= 15 is 0 Å². The molecular weight excluding hydrogens is 111 g/mol. The van der Waals surface area contributed by atoms with Crippen molar-refractivity contribution in [3.05, 3.63) is 12.8 Å².